The van der Waals surface area contributed by atoms with Gasteiger partial charge in [0, 0.05) is 11.0 Å². The Morgan fingerprint density at radius 2 is 1.61 bits per heavy atom. The maximum absolute atomic E-state index is 5.60. The Hall–Kier alpha value is -1.28. The van der Waals surface area contributed by atoms with Crippen molar-refractivity contribution in [1.82, 2.24) is 0 Å². The molecule has 0 spiro atoms. The molecule has 1 nitrogen and oxygen atoms in total. The van der Waals surface area contributed by atoms with Gasteiger partial charge in [0.1, 0.15) is 5.75 Å². The first-order valence-electron chi connectivity index (χ1n) is 8.56. The molecule has 1 aromatic rings. The van der Waals surface area contributed by atoms with E-state index in [9.17, 15) is 0 Å². The average Bonchev–Trinajstić information content (AvgIpc) is 2.97. The van der Waals surface area contributed by atoms with Gasteiger partial charge in [-0.2, -0.15) is 0 Å². The number of ether oxygens (including phenoxy) is 1. The van der Waals surface area contributed by atoms with Crippen LogP contribution in [0.15, 0.2) is 48.1 Å². The van der Waals surface area contributed by atoms with E-state index in [0.29, 0.717) is 10.6 Å². The highest BCUT2D eigenvalue weighted by molar-refractivity contribution is 6.82. The maximum Gasteiger partial charge on any atom is 0.122 e. The highest BCUT2D eigenvalue weighted by Crippen LogP contribution is 2.49. The van der Waals surface area contributed by atoms with E-state index in [1.807, 2.05) is 6.07 Å². The van der Waals surface area contributed by atoms with Crippen molar-refractivity contribution in [3.8, 4) is 5.75 Å². The number of benzene rings is 1. The molecule has 1 atom stereocenters. The summed E-state index contributed by atoms with van der Waals surface area (Å²) in [5.74, 6) is 0.975. The van der Waals surface area contributed by atoms with E-state index in [0.717, 1.165) is 5.75 Å². The molecule has 2 rings (SSSR count). The van der Waals surface area contributed by atoms with Crippen molar-refractivity contribution in [1.29, 1.82) is 0 Å². The predicted molar refractivity (Wildman–Crippen MR) is 104 cm³/mol. The molecule has 23 heavy (non-hydrogen) atoms. The minimum absolute atomic E-state index is 0.0415. The Morgan fingerprint density at radius 1 is 1.00 bits per heavy atom. The first-order valence-corrected chi connectivity index (χ1v) is 11.6. The molecule has 1 unspecified atom stereocenters. The fourth-order valence-electron chi connectivity index (χ4n) is 3.19. The van der Waals surface area contributed by atoms with E-state index in [-0.39, 0.29) is 5.41 Å². The van der Waals surface area contributed by atoms with Crippen LogP contribution in [0.3, 0.4) is 0 Å². The maximum atomic E-state index is 5.60. The van der Waals surface area contributed by atoms with Crippen molar-refractivity contribution in [2.75, 3.05) is 7.11 Å². The van der Waals surface area contributed by atoms with Crippen molar-refractivity contribution in [2.45, 2.75) is 63.7 Å². The minimum atomic E-state index is -1.41. The Bertz CT molecular complexity index is 629. The lowest BCUT2D eigenvalue weighted by atomic mass is 9.77. The van der Waals surface area contributed by atoms with E-state index in [1.54, 1.807) is 7.11 Å². The molecule has 0 heterocycles. The summed E-state index contributed by atoms with van der Waals surface area (Å²) < 4.78 is 5.60. The zero-order valence-corrected chi connectivity index (χ0v) is 17.0. The molecule has 1 aliphatic carbocycles. The van der Waals surface area contributed by atoms with Gasteiger partial charge in [0.2, 0.25) is 0 Å². The van der Waals surface area contributed by atoms with Gasteiger partial charge in [-0.1, -0.05) is 84.1 Å². The largest absolute Gasteiger partial charge is 0.496 e. The van der Waals surface area contributed by atoms with Crippen LogP contribution in [0.2, 0.25) is 23.7 Å². The fourth-order valence-corrected chi connectivity index (χ4v) is 5.37. The second-order valence-corrected chi connectivity index (χ2v) is 14.4. The molecule has 0 amide bonds. The minimum Gasteiger partial charge on any atom is -0.496 e. The van der Waals surface area contributed by atoms with Crippen LogP contribution in [0.25, 0.3) is 0 Å². The van der Waals surface area contributed by atoms with Gasteiger partial charge in [0.15, 0.2) is 0 Å². The average molecular weight is 329 g/mol. The molecule has 1 aromatic carbocycles. The van der Waals surface area contributed by atoms with Crippen molar-refractivity contribution in [3.63, 3.8) is 0 Å². The molecular formula is C21H32OSi. The standard InChI is InChI=1S/C21H32OSi/c1-20(2,3)23(7,8)17-14-13-16(15-17)21(4,5)18-11-9-10-12-19(18)22-6/h9-15,17H,1-8H3. The quantitative estimate of drug-likeness (QED) is 0.585. The summed E-state index contributed by atoms with van der Waals surface area (Å²) in [7, 11) is 0.346. The van der Waals surface area contributed by atoms with Crippen LogP contribution in [0, 0.1) is 0 Å². The van der Waals surface area contributed by atoms with Crippen molar-refractivity contribution >= 4 is 8.07 Å². The summed E-state index contributed by atoms with van der Waals surface area (Å²) in [6.07, 6.45) is 7.30. The third kappa shape index (κ3) is 3.19. The molecule has 0 fully saturated rings. The van der Waals surface area contributed by atoms with Gasteiger partial charge >= 0.3 is 0 Å². The normalized spacial score (nSPS) is 19.0. The van der Waals surface area contributed by atoms with E-state index >= 15 is 0 Å². The topological polar surface area (TPSA) is 9.23 Å². The number of allylic oxidation sites excluding steroid dienone is 4. The smallest absolute Gasteiger partial charge is 0.122 e. The van der Waals surface area contributed by atoms with Gasteiger partial charge in [0.05, 0.1) is 15.2 Å². The van der Waals surface area contributed by atoms with Gasteiger partial charge < -0.3 is 4.74 Å². The van der Waals surface area contributed by atoms with Gasteiger partial charge in [-0.3, -0.25) is 0 Å². The van der Waals surface area contributed by atoms with E-state index < -0.39 is 8.07 Å². The molecule has 126 valence electrons. The molecular weight excluding hydrogens is 296 g/mol. The molecule has 0 bridgehead atoms. The molecule has 0 aliphatic heterocycles. The zero-order chi connectivity index (χ0) is 17.5. The second-order valence-electron chi connectivity index (χ2n) is 8.80. The van der Waals surface area contributed by atoms with E-state index in [1.165, 1.54) is 11.1 Å². The third-order valence-corrected chi connectivity index (χ3v) is 12.0. The van der Waals surface area contributed by atoms with Gasteiger partial charge in [-0.25, -0.2) is 0 Å². The van der Waals surface area contributed by atoms with Crippen LogP contribution in [-0.4, -0.2) is 15.2 Å². The van der Waals surface area contributed by atoms with Gasteiger partial charge in [0.25, 0.3) is 0 Å². The van der Waals surface area contributed by atoms with Crippen molar-refractivity contribution < 1.29 is 4.74 Å². The number of rotatable bonds is 4. The first kappa shape index (κ1) is 18.1. The van der Waals surface area contributed by atoms with Crippen LogP contribution in [0.1, 0.15) is 40.2 Å². The third-order valence-electron chi connectivity index (χ3n) is 6.11. The molecule has 0 radical (unpaired) electrons. The summed E-state index contributed by atoms with van der Waals surface area (Å²) in [4.78, 5) is 0. The lowest BCUT2D eigenvalue weighted by Gasteiger charge is -2.40. The van der Waals surface area contributed by atoms with Crippen LogP contribution in [0.4, 0.5) is 0 Å². The SMILES string of the molecule is COc1ccccc1C(C)(C)C1=CC([Si](C)(C)C(C)(C)C)C=C1. The van der Waals surface area contributed by atoms with Gasteiger partial charge in [-0.05, 0) is 22.2 Å². The molecule has 0 saturated heterocycles. The van der Waals surface area contributed by atoms with Crippen LogP contribution >= 0.6 is 0 Å². The highest BCUT2D eigenvalue weighted by atomic mass is 28.3. The Balaban J connectivity index is 2.40. The molecule has 0 saturated carbocycles. The Labute approximate surface area is 143 Å². The first-order chi connectivity index (χ1) is 10.5. The molecule has 1 aliphatic rings. The van der Waals surface area contributed by atoms with Crippen LogP contribution in [-0.2, 0) is 5.41 Å². The summed E-state index contributed by atoms with van der Waals surface area (Å²) in [6, 6.07) is 8.38. The lowest BCUT2D eigenvalue weighted by molar-refractivity contribution is 0.401. The highest BCUT2D eigenvalue weighted by Gasteiger charge is 2.42. The number of hydrogen-bond donors (Lipinski definition) is 0. The van der Waals surface area contributed by atoms with E-state index in [2.05, 4.69) is 84.1 Å². The lowest BCUT2D eigenvalue weighted by Crippen LogP contribution is -2.40. The second kappa shape index (κ2) is 5.97. The molecule has 0 N–H and O–H groups in total. The Kier molecular flexibility index (Phi) is 4.69. The monoisotopic (exact) mass is 328 g/mol. The van der Waals surface area contributed by atoms with Crippen LogP contribution < -0.4 is 4.74 Å². The zero-order valence-electron chi connectivity index (χ0n) is 16.0. The fraction of sp³-hybridized carbons (Fsp3) is 0.524. The summed E-state index contributed by atoms with van der Waals surface area (Å²) in [5.41, 5.74) is 3.23. The number of methoxy groups -OCH3 is 1. The Morgan fingerprint density at radius 3 is 2.17 bits per heavy atom. The predicted octanol–water partition coefficient (Wildman–Crippen LogP) is 6.35. The molecule has 0 aromatic heterocycles. The van der Waals surface area contributed by atoms with Crippen molar-refractivity contribution in [3.05, 3.63) is 53.6 Å². The molecule has 2 heteroatoms. The summed E-state index contributed by atoms with van der Waals surface area (Å²) in [6.45, 7) is 16.8. The van der Waals surface area contributed by atoms with Crippen LogP contribution in [0.5, 0.6) is 5.75 Å². The van der Waals surface area contributed by atoms with Crippen molar-refractivity contribution in [2.24, 2.45) is 0 Å². The summed E-state index contributed by atoms with van der Waals surface area (Å²) >= 11 is 0. The summed E-state index contributed by atoms with van der Waals surface area (Å²) in [5, 5.41) is 0.391. The van der Waals surface area contributed by atoms with Gasteiger partial charge in [-0.15, -0.1) is 0 Å². The van der Waals surface area contributed by atoms with E-state index in [4.69, 9.17) is 4.74 Å². The number of para-hydroxylation sites is 1. The number of hydrogen-bond acceptors (Lipinski definition) is 1.